The van der Waals surface area contributed by atoms with E-state index in [1.807, 2.05) is 0 Å². The predicted octanol–water partition coefficient (Wildman–Crippen LogP) is 1.62. The maximum atomic E-state index is 12.5. The van der Waals surface area contributed by atoms with Gasteiger partial charge in [0.1, 0.15) is 0 Å². The van der Waals surface area contributed by atoms with Crippen LogP contribution in [0.4, 0.5) is 5.69 Å². The van der Waals surface area contributed by atoms with E-state index in [0.717, 1.165) is 20.4 Å². The van der Waals surface area contributed by atoms with E-state index in [9.17, 15) is 19.7 Å². The number of ether oxygens (including phenoxy) is 2. The molecular formula is C17H17N3O7. The summed E-state index contributed by atoms with van der Waals surface area (Å²) in [6, 6.07) is 5.70. The number of dihydropyridines is 1. The van der Waals surface area contributed by atoms with E-state index in [2.05, 4.69) is 10.5 Å². The average Bonchev–Trinajstić information content (AvgIpc) is 2.66. The van der Waals surface area contributed by atoms with Gasteiger partial charge in [-0.25, -0.2) is 9.59 Å². The maximum absolute atomic E-state index is 12.5. The molecule has 1 heterocycles. The van der Waals surface area contributed by atoms with Crippen molar-refractivity contribution in [2.24, 2.45) is 5.16 Å². The van der Waals surface area contributed by atoms with Crippen molar-refractivity contribution in [1.82, 2.24) is 5.32 Å². The summed E-state index contributed by atoms with van der Waals surface area (Å²) in [5.41, 5.74) is -0.00335. The molecule has 0 radical (unpaired) electrons. The van der Waals surface area contributed by atoms with Gasteiger partial charge in [-0.15, -0.1) is 0 Å². The number of methoxy groups -OCH3 is 2. The minimum absolute atomic E-state index is 0.00212. The van der Waals surface area contributed by atoms with Gasteiger partial charge >= 0.3 is 11.9 Å². The molecule has 1 atom stereocenters. The molecule has 1 aliphatic rings. The lowest BCUT2D eigenvalue weighted by Gasteiger charge is -2.29. The fourth-order valence-electron chi connectivity index (χ4n) is 2.94. The van der Waals surface area contributed by atoms with Gasteiger partial charge in [0, 0.05) is 17.3 Å². The highest BCUT2D eigenvalue weighted by Crippen LogP contribution is 2.42. The van der Waals surface area contributed by atoms with Crippen molar-refractivity contribution in [3.8, 4) is 0 Å². The first-order valence-corrected chi connectivity index (χ1v) is 7.66. The first-order valence-electron chi connectivity index (χ1n) is 7.66. The molecule has 0 aliphatic carbocycles. The first-order chi connectivity index (χ1) is 12.9. The van der Waals surface area contributed by atoms with Crippen LogP contribution in [0.15, 0.2) is 52.0 Å². The number of hydrogen-bond donors (Lipinski definition) is 2. The monoisotopic (exact) mass is 375 g/mol. The van der Waals surface area contributed by atoms with Gasteiger partial charge in [0.2, 0.25) is 0 Å². The third-order valence-electron chi connectivity index (χ3n) is 4.04. The van der Waals surface area contributed by atoms with Gasteiger partial charge in [0.25, 0.3) is 5.69 Å². The number of carbonyl (C=O) groups excluding carboxylic acids is 2. The summed E-state index contributed by atoms with van der Waals surface area (Å²) < 4.78 is 9.60. The molecular weight excluding hydrogens is 358 g/mol. The molecule has 0 aromatic heterocycles. The Bertz CT molecular complexity index is 886. The molecule has 0 bridgehead atoms. The molecule has 2 rings (SSSR count). The molecule has 1 aromatic carbocycles. The molecule has 27 heavy (non-hydrogen) atoms. The normalized spacial score (nSPS) is 16.9. The van der Waals surface area contributed by atoms with Crippen molar-refractivity contribution in [3.63, 3.8) is 0 Å². The Morgan fingerprint density at radius 3 is 2.37 bits per heavy atom. The van der Waals surface area contributed by atoms with Crippen LogP contribution in [0.25, 0.3) is 0 Å². The second-order valence-corrected chi connectivity index (χ2v) is 5.47. The summed E-state index contributed by atoms with van der Waals surface area (Å²) in [7, 11) is 2.29. The molecule has 142 valence electrons. The minimum atomic E-state index is -1.17. The molecule has 0 saturated carbocycles. The van der Waals surface area contributed by atoms with Crippen LogP contribution in [-0.2, 0) is 19.1 Å². The Labute approximate surface area is 153 Å². The first kappa shape index (κ1) is 19.6. The van der Waals surface area contributed by atoms with Crippen molar-refractivity contribution in [2.75, 3.05) is 14.2 Å². The van der Waals surface area contributed by atoms with Crippen LogP contribution in [0.3, 0.4) is 0 Å². The van der Waals surface area contributed by atoms with E-state index in [-0.39, 0.29) is 33.8 Å². The van der Waals surface area contributed by atoms with Crippen LogP contribution in [0, 0.1) is 10.1 Å². The zero-order chi connectivity index (χ0) is 20.1. The number of allylic oxidation sites excluding steroid dienone is 2. The molecule has 0 fully saturated rings. The van der Waals surface area contributed by atoms with Gasteiger partial charge in [-0.1, -0.05) is 23.4 Å². The van der Waals surface area contributed by atoms with Crippen LogP contribution in [0.1, 0.15) is 18.4 Å². The lowest BCUT2D eigenvalue weighted by molar-refractivity contribution is -0.385. The maximum Gasteiger partial charge on any atom is 0.336 e. The summed E-state index contributed by atoms with van der Waals surface area (Å²) in [4.78, 5) is 35.8. The molecule has 10 heteroatoms. The number of carbonyl (C=O) groups is 2. The van der Waals surface area contributed by atoms with Crippen molar-refractivity contribution >= 4 is 23.8 Å². The van der Waals surface area contributed by atoms with Gasteiger partial charge in [0.15, 0.2) is 0 Å². The number of nitro benzene ring substituents is 1. The van der Waals surface area contributed by atoms with Crippen molar-refractivity contribution < 1.29 is 29.2 Å². The second kappa shape index (κ2) is 8.13. The number of hydrogen-bond acceptors (Lipinski definition) is 9. The number of nitrogens with zero attached hydrogens (tertiary/aromatic N) is 2. The van der Waals surface area contributed by atoms with Crippen molar-refractivity contribution in [2.45, 2.75) is 12.8 Å². The number of oxime groups is 1. The molecule has 1 aromatic rings. The zero-order valence-corrected chi connectivity index (χ0v) is 14.8. The highest BCUT2D eigenvalue weighted by molar-refractivity contribution is 6.04. The van der Waals surface area contributed by atoms with Crippen LogP contribution < -0.4 is 5.32 Å². The number of nitro groups is 1. The summed E-state index contributed by atoms with van der Waals surface area (Å²) in [5.74, 6) is -2.79. The molecule has 0 saturated heterocycles. The number of benzene rings is 1. The molecule has 10 nitrogen and oxygen atoms in total. The molecule has 1 aliphatic heterocycles. The van der Waals surface area contributed by atoms with Crippen molar-refractivity contribution in [1.29, 1.82) is 0 Å². The quantitative estimate of drug-likeness (QED) is 0.260. The smallest absolute Gasteiger partial charge is 0.336 e. The average molecular weight is 375 g/mol. The minimum Gasteiger partial charge on any atom is -0.466 e. The summed E-state index contributed by atoms with van der Waals surface area (Å²) in [6.07, 6.45) is 0.950. The van der Waals surface area contributed by atoms with Crippen LogP contribution in [0.2, 0.25) is 0 Å². The van der Waals surface area contributed by atoms with E-state index in [1.54, 1.807) is 6.07 Å². The van der Waals surface area contributed by atoms with Gasteiger partial charge in [-0.05, 0) is 6.92 Å². The Morgan fingerprint density at radius 1 is 1.22 bits per heavy atom. The van der Waals surface area contributed by atoms with E-state index in [4.69, 9.17) is 14.7 Å². The second-order valence-electron chi connectivity index (χ2n) is 5.47. The number of rotatable bonds is 5. The standard InChI is InChI=1S/C17H17N3O7/c1-9-13(16(21)26-2)14(10-6-4-5-7-12(10)20(24)25)15(17(22)27-3)11(19-9)8-18-23/h4-8,14,19,23H,1-3H3. The Balaban J connectivity index is 2.88. The third-order valence-corrected chi connectivity index (χ3v) is 4.04. The van der Waals surface area contributed by atoms with E-state index < -0.39 is 22.8 Å². The number of nitrogens with one attached hydrogen (secondary N) is 1. The van der Waals surface area contributed by atoms with Gasteiger partial charge in [-0.2, -0.15) is 0 Å². The van der Waals surface area contributed by atoms with Gasteiger partial charge in [-0.3, -0.25) is 10.1 Å². The zero-order valence-electron chi connectivity index (χ0n) is 14.8. The van der Waals surface area contributed by atoms with E-state index in [1.165, 1.54) is 25.1 Å². The lowest BCUT2D eigenvalue weighted by Crippen LogP contribution is -2.33. The van der Waals surface area contributed by atoms with Crippen molar-refractivity contribution in [3.05, 3.63) is 62.5 Å². The summed E-state index contributed by atoms with van der Waals surface area (Å²) in [6.45, 7) is 1.54. The highest BCUT2D eigenvalue weighted by Gasteiger charge is 2.41. The largest absolute Gasteiger partial charge is 0.466 e. The molecule has 0 amide bonds. The van der Waals surface area contributed by atoms with E-state index >= 15 is 0 Å². The third kappa shape index (κ3) is 3.64. The summed E-state index contributed by atoms with van der Waals surface area (Å²) >= 11 is 0. The number of esters is 2. The Kier molecular flexibility index (Phi) is 5.91. The Hall–Kier alpha value is -3.69. The lowest BCUT2D eigenvalue weighted by atomic mass is 9.79. The number of para-hydroxylation sites is 1. The van der Waals surface area contributed by atoms with E-state index in [0.29, 0.717) is 0 Å². The SMILES string of the molecule is COC(=O)C1=C(C)NC(C=NO)=C(C(=O)OC)C1c1ccccc1[N+](=O)[O-]. The van der Waals surface area contributed by atoms with Crippen LogP contribution >= 0.6 is 0 Å². The van der Waals surface area contributed by atoms with Gasteiger partial charge in [0.05, 0.1) is 48.1 Å². The Morgan fingerprint density at radius 2 is 1.81 bits per heavy atom. The molecule has 2 N–H and O–H groups in total. The molecule has 1 unspecified atom stereocenters. The molecule has 0 spiro atoms. The van der Waals surface area contributed by atoms with Crippen LogP contribution in [-0.4, -0.2) is 42.5 Å². The fraction of sp³-hybridized carbons (Fsp3) is 0.235. The fourth-order valence-corrected chi connectivity index (χ4v) is 2.94. The highest BCUT2D eigenvalue weighted by atomic mass is 16.6. The van der Waals surface area contributed by atoms with Gasteiger partial charge < -0.3 is 20.0 Å². The summed E-state index contributed by atoms with van der Waals surface area (Å²) in [5, 5.41) is 26.1. The van der Waals surface area contributed by atoms with Crippen LogP contribution in [0.5, 0.6) is 0 Å². The predicted molar refractivity (Wildman–Crippen MR) is 93.0 cm³/mol. The topological polar surface area (TPSA) is 140 Å².